The second-order valence-electron chi connectivity index (χ2n) is 10.5. The van der Waals surface area contributed by atoms with E-state index in [2.05, 4.69) is 16.0 Å². The lowest BCUT2D eigenvalue weighted by Crippen LogP contribution is -2.52. The highest BCUT2D eigenvalue weighted by Gasteiger charge is 2.54. The summed E-state index contributed by atoms with van der Waals surface area (Å²) in [6.07, 6.45) is 1.71. The SMILES string of the molecule is COc1ccc2c(c1)C(=O)N(C[C@@]1(c3cc4c5c(ccc4o3)C3(CCC5)NC(=O)CC3=O)NC(=O)NC1=O)C2. The first-order valence-electron chi connectivity index (χ1n) is 12.7. The van der Waals surface area contributed by atoms with Gasteiger partial charge in [0, 0.05) is 17.5 Å². The largest absolute Gasteiger partial charge is 0.497 e. The average molecular weight is 529 g/mol. The van der Waals surface area contributed by atoms with Gasteiger partial charge in [0.15, 0.2) is 11.3 Å². The van der Waals surface area contributed by atoms with Crippen molar-refractivity contribution in [3.8, 4) is 5.75 Å². The standard InChI is InChI=1S/C28H24N4O7/c1-38-15-5-4-14-12-32(24(35)17(14)9-15)13-28(25(36)29-26(37)31-28)22-10-18-16-3-2-8-27(21(33)11-23(34)30-27)19(16)6-7-20(18)39-22/h4-7,9-10H,2-3,8,11-13H2,1H3,(H,30,34)(H2,29,31,36,37)/t27?,28-/m0/s1. The minimum atomic E-state index is -1.66. The van der Waals surface area contributed by atoms with Gasteiger partial charge in [0.1, 0.15) is 22.6 Å². The molecule has 3 aliphatic heterocycles. The molecule has 4 aliphatic rings. The van der Waals surface area contributed by atoms with Crippen LogP contribution in [0.25, 0.3) is 11.0 Å². The van der Waals surface area contributed by atoms with Crippen molar-refractivity contribution < 1.29 is 33.1 Å². The molecule has 2 aromatic carbocycles. The first-order chi connectivity index (χ1) is 18.7. The molecule has 198 valence electrons. The quantitative estimate of drug-likeness (QED) is 0.345. The number of amides is 5. The lowest BCUT2D eigenvalue weighted by molar-refractivity contribution is -0.126. The number of hydrogen-bond donors (Lipinski definition) is 3. The second kappa shape index (κ2) is 7.92. The van der Waals surface area contributed by atoms with Crippen LogP contribution in [-0.4, -0.2) is 48.1 Å². The van der Waals surface area contributed by atoms with Gasteiger partial charge in [0.05, 0.1) is 20.1 Å². The molecule has 1 aromatic heterocycles. The molecular formula is C28H24N4O7. The first-order valence-corrected chi connectivity index (χ1v) is 12.7. The lowest BCUT2D eigenvalue weighted by atomic mass is 9.74. The van der Waals surface area contributed by atoms with E-state index in [0.717, 1.165) is 16.7 Å². The van der Waals surface area contributed by atoms with Crippen LogP contribution in [0, 0.1) is 0 Å². The molecule has 2 fully saturated rings. The number of methoxy groups -OCH3 is 1. The number of carbonyl (C=O) groups is 5. The van der Waals surface area contributed by atoms with Crippen LogP contribution in [0.1, 0.15) is 52.1 Å². The fourth-order valence-electron chi connectivity index (χ4n) is 6.52. The molecule has 0 bridgehead atoms. The van der Waals surface area contributed by atoms with Crippen LogP contribution in [-0.2, 0) is 38.4 Å². The Bertz CT molecular complexity index is 1660. The highest BCUT2D eigenvalue weighted by Crippen LogP contribution is 2.44. The first kappa shape index (κ1) is 23.4. The highest BCUT2D eigenvalue weighted by molar-refractivity contribution is 6.11. The molecular weight excluding hydrogens is 504 g/mol. The van der Waals surface area contributed by atoms with Crippen LogP contribution in [0.15, 0.2) is 40.8 Å². The number of furan rings is 1. The van der Waals surface area contributed by atoms with Crippen LogP contribution < -0.4 is 20.7 Å². The molecule has 2 atom stereocenters. The van der Waals surface area contributed by atoms with Crippen molar-refractivity contribution in [3.05, 3.63) is 64.4 Å². The van der Waals surface area contributed by atoms with Gasteiger partial charge < -0.3 is 24.7 Å². The maximum absolute atomic E-state index is 13.3. The number of fused-ring (bicyclic) bond motifs is 5. The van der Waals surface area contributed by atoms with Gasteiger partial charge in [-0.25, -0.2) is 4.79 Å². The minimum Gasteiger partial charge on any atom is -0.497 e. The Balaban J connectivity index is 1.31. The van der Waals surface area contributed by atoms with Gasteiger partial charge in [0.2, 0.25) is 5.91 Å². The normalized spacial score (nSPS) is 25.7. The summed E-state index contributed by atoms with van der Waals surface area (Å²) in [6, 6.07) is 9.75. The monoisotopic (exact) mass is 528 g/mol. The van der Waals surface area contributed by atoms with Crippen molar-refractivity contribution in [2.45, 2.75) is 43.3 Å². The van der Waals surface area contributed by atoms with E-state index in [4.69, 9.17) is 9.15 Å². The molecule has 1 spiro atoms. The number of urea groups is 1. The molecule has 11 heteroatoms. The van der Waals surface area contributed by atoms with Gasteiger partial charge in [-0.15, -0.1) is 0 Å². The number of hydrogen-bond acceptors (Lipinski definition) is 7. The van der Waals surface area contributed by atoms with E-state index >= 15 is 0 Å². The summed E-state index contributed by atoms with van der Waals surface area (Å²) in [5, 5.41) is 8.60. The fraction of sp³-hybridized carbons (Fsp3) is 0.321. The summed E-state index contributed by atoms with van der Waals surface area (Å²) < 4.78 is 11.4. The third-order valence-electron chi connectivity index (χ3n) is 8.39. The van der Waals surface area contributed by atoms with Crippen molar-refractivity contribution in [3.63, 3.8) is 0 Å². The van der Waals surface area contributed by atoms with Crippen LogP contribution in [0.4, 0.5) is 4.79 Å². The molecule has 5 amide bonds. The van der Waals surface area contributed by atoms with E-state index in [-0.39, 0.29) is 42.9 Å². The van der Waals surface area contributed by atoms with Crippen LogP contribution in [0.3, 0.4) is 0 Å². The number of nitrogens with zero attached hydrogens (tertiary/aromatic N) is 1. The number of imide groups is 1. The fourth-order valence-corrected chi connectivity index (χ4v) is 6.52. The highest BCUT2D eigenvalue weighted by atomic mass is 16.5. The molecule has 3 N–H and O–H groups in total. The Morgan fingerprint density at radius 2 is 1.90 bits per heavy atom. The molecule has 0 saturated carbocycles. The number of nitrogens with one attached hydrogen (secondary N) is 3. The van der Waals surface area contributed by atoms with Crippen molar-refractivity contribution in [1.82, 2.24) is 20.9 Å². The zero-order chi connectivity index (χ0) is 27.1. The van der Waals surface area contributed by atoms with Crippen molar-refractivity contribution >= 4 is 40.5 Å². The Morgan fingerprint density at radius 1 is 1.05 bits per heavy atom. The Morgan fingerprint density at radius 3 is 2.62 bits per heavy atom. The van der Waals surface area contributed by atoms with Crippen molar-refractivity contribution in [2.24, 2.45) is 0 Å². The summed E-state index contributed by atoms with van der Waals surface area (Å²) in [4.78, 5) is 65.6. The van der Waals surface area contributed by atoms with E-state index in [1.165, 1.54) is 12.0 Å². The third kappa shape index (κ3) is 3.19. The molecule has 3 aromatic rings. The molecule has 2 saturated heterocycles. The second-order valence-corrected chi connectivity index (χ2v) is 10.5. The number of ketones is 1. The maximum atomic E-state index is 13.3. The Labute approximate surface area is 221 Å². The van der Waals surface area contributed by atoms with Crippen LogP contribution >= 0.6 is 0 Å². The maximum Gasteiger partial charge on any atom is 0.322 e. The van der Waals surface area contributed by atoms with E-state index in [0.29, 0.717) is 41.5 Å². The van der Waals surface area contributed by atoms with Gasteiger partial charge in [-0.3, -0.25) is 24.5 Å². The molecule has 0 radical (unpaired) electrons. The van der Waals surface area contributed by atoms with Gasteiger partial charge in [0.25, 0.3) is 11.8 Å². The summed E-state index contributed by atoms with van der Waals surface area (Å²) in [6.45, 7) is 0.101. The van der Waals surface area contributed by atoms with Gasteiger partial charge in [-0.1, -0.05) is 12.1 Å². The van der Waals surface area contributed by atoms with Crippen LogP contribution in [0.2, 0.25) is 0 Å². The summed E-state index contributed by atoms with van der Waals surface area (Å²) in [7, 11) is 1.52. The zero-order valence-corrected chi connectivity index (χ0v) is 21.0. The lowest BCUT2D eigenvalue weighted by Gasteiger charge is -2.34. The third-order valence-corrected chi connectivity index (χ3v) is 8.39. The number of Topliss-reactive ketones (excluding diaryl/α,β-unsaturated/α-hetero) is 1. The number of carbonyl (C=O) groups excluding carboxylic acids is 5. The van der Waals surface area contributed by atoms with Crippen molar-refractivity contribution in [1.29, 1.82) is 0 Å². The van der Waals surface area contributed by atoms with E-state index in [1.54, 1.807) is 36.4 Å². The summed E-state index contributed by atoms with van der Waals surface area (Å²) in [5.41, 5.74) is 0.621. The average Bonchev–Trinajstić information content (AvgIpc) is 3.63. The Kier molecular flexibility index (Phi) is 4.76. The number of ether oxygens (including phenoxy) is 1. The van der Waals surface area contributed by atoms with E-state index in [1.807, 2.05) is 0 Å². The van der Waals surface area contributed by atoms with Gasteiger partial charge >= 0.3 is 6.03 Å². The van der Waals surface area contributed by atoms with E-state index < -0.39 is 23.0 Å². The van der Waals surface area contributed by atoms with Crippen LogP contribution in [0.5, 0.6) is 5.75 Å². The molecule has 4 heterocycles. The predicted molar refractivity (Wildman–Crippen MR) is 135 cm³/mol. The topological polar surface area (TPSA) is 147 Å². The number of aryl methyl sites for hydroxylation is 1. The zero-order valence-electron chi connectivity index (χ0n) is 21.0. The number of rotatable bonds is 4. The summed E-state index contributed by atoms with van der Waals surface area (Å²) in [5.74, 6) is -0.642. The minimum absolute atomic E-state index is 0.151. The summed E-state index contributed by atoms with van der Waals surface area (Å²) >= 11 is 0. The molecule has 11 nitrogen and oxygen atoms in total. The molecule has 1 unspecified atom stereocenters. The van der Waals surface area contributed by atoms with Crippen molar-refractivity contribution in [2.75, 3.05) is 13.7 Å². The predicted octanol–water partition coefficient (Wildman–Crippen LogP) is 1.75. The molecule has 39 heavy (non-hydrogen) atoms. The molecule has 7 rings (SSSR count). The number of benzene rings is 2. The Hall–Kier alpha value is -4.67. The van der Waals surface area contributed by atoms with Gasteiger partial charge in [-0.05, 0) is 60.2 Å². The smallest absolute Gasteiger partial charge is 0.322 e. The van der Waals surface area contributed by atoms with E-state index in [9.17, 15) is 24.0 Å². The van der Waals surface area contributed by atoms with Gasteiger partial charge in [-0.2, -0.15) is 0 Å². The molecule has 1 aliphatic carbocycles.